The molecule has 0 spiro atoms. The molecule has 0 amide bonds. The largest absolute Gasteiger partial charge is 0.414 e. The number of alkyl halides is 5. The number of aromatic nitrogens is 2. The number of fused-ring (bicyclic) bond motifs is 1. The predicted molar refractivity (Wildman–Crippen MR) is 70.4 cm³/mol. The summed E-state index contributed by atoms with van der Waals surface area (Å²) in [5, 5.41) is 12.5. The van der Waals surface area contributed by atoms with Gasteiger partial charge in [0.05, 0.1) is 12.1 Å². The van der Waals surface area contributed by atoms with Crippen molar-refractivity contribution in [2.75, 3.05) is 13.4 Å². The van der Waals surface area contributed by atoms with Crippen LogP contribution in [0.15, 0.2) is 5.03 Å². The van der Waals surface area contributed by atoms with Crippen molar-refractivity contribution in [3.63, 3.8) is 0 Å². The van der Waals surface area contributed by atoms with Crippen molar-refractivity contribution in [3.05, 3.63) is 11.3 Å². The highest BCUT2D eigenvalue weighted by Gasteiger charge is 2.52. The van der Waals surface area contributed by atoms with E-state index in [0.717, 1.165) is 18.0 Å². The van der Waals surface area contributed by atoms with Gasteiger partial charge in [0.2, 0.25) is 0 Å². The molecule has 0 fully saturated rings. The van der Waals surface area contributed by atoms with Crippen LogP contribution in [0, 0.1) is 0 Å². The Kier molecular flexibility index (Phi) is 4.70. The third-order valence-electron chi connectivity index (χ3n) is 3.74. The highest BCUT2D eigenvalue weighted by atomic mass is 32.2. The van der Waals surface area contributed by atoms with Crippen LogP contribution in [-0.4, -0.2) is 54.9 Å². The highest BCUT2D eigenvalue weighted by molar-refractivity contribution is 7.90. The number of aliphatic hydroxyl groups excluding tert-OH is 1. The van der Waals surface area contributed by atoms with E-state index in [1.54, 1.807) is 0 Å². The molecule has 1 aliphatic carbocycles. The summed E-state index contributed by atoms with van der Waals surface area (Å²) in [4.78, 5) is 0. The Bertz CT molecular complexity index is 729. The van der Waals surface area contributed by atoms with Crippen LogP contribution < -0.4 is 0 Å². The van der Waals surface area contributed by atoms with Gasteiger partial charge in [0.1, 0.15) is 6.10 Å². The van der Waals surface area contributed by atoms with Crippen LogP contribution in [0.2, 0.25) is 0 Å². The number of sulfone groups is 1. The Morgan fingerprint density at radius 3 is 2.50 bits per heavy atom. The lowest BCUT2D eigenvalue weighted by molar-refractivity contribution is -0.215. The zero-order valence-corrected chi connectivity index (χ0v) is 13.5. The van der Waals surface area contributed by atoms with Crippen LogP contribution in [0.5, 0.6) is 0 Å². The fraction of sp³-hybridized carbons (Fsp3) is 0.750. The molecule has 2 rings (SSSR count). The zero-order chi connectivity index (χ0) is 18.5. The van der Waals surface area contributed by atoms with Gasteiger partial charge in [-0.1, -0.05) is 0 Å². The van der Waals surface area contributed by atoms with Crippen molar-refractivity contribution in [1.29, 1.82) is 0 Å². The van der Waals surface area contributed by atoms with E-state index in [-0.39, 0.29) is 5.69 Å². The maximum absolute atomic E-state index is 13.7. The van der Waals surface area contributed by atoms with Crippen LogP contribution in [-0.2, 0) is 27.5 Å². The summed E-state index contributed by atoms with van der Waals surface area (Å²) in [6.07, 6.45) is -10.1. The zero-order valence-electron chi connectivity index (χ0n) is 12.6. The van der Waals surface area contributed by atoms with E-state index in [9.17, 15) is 35.5 Å². The second-order valence-electron chi connectivity index (χ2n) is 5.56. The van der Waals surface area contributed by atoms with Crippen LogP contribution in [0.4, 0.5) is 22.0 Å². The van der Waals surface area contributed by atoms with Crippen molar-refractivity contribution in [1.82, 2.24) is 9.78 Å². The first-order valence-corrected chi connectivity index (χ1v) is 8.63. The Morgan fingerprint density at radius 1 is 1.46 bits per heavy atom. The molecule has 0 aromatic carbocycles. The minimum absolute atomic E-state index is 0.287. The summed E-state index contributed by atoms with van der Waals surface area (Å²) >= 11 is 0. The Hall–Kier alpha value is -1.27. The quantitative estimate of drug-likeness (QED) is 0.785. The molecule has 0 radical (unpaired) electrons. The van der Waals surface area contributed by atoms with Gasteiger partial charge in [-0.3, -0.25) is 4.68 Å². The van der Waals surface area contributed by atoms with Gasteiger partial charge in [0, 0.05) is 31.9 Å². The van der Waals surface area contributed by atoms with Gasteiger partial charge in [0.25, 0.3) is 5.92 Å². The number of rotatable bonds is 5. The normalized spacial score (nSPS) is 21.8. The first-order valence-electron chi connectivity index (χ1n) is 6.74. The van der Waals surface area contributed by atoms with E-state index in [4.69, 9.17) is 0 Å². The molecule has 12 heteroatoms. The second kappa shape index (κ2) is 5.92. The average Bonchev–Trinajstić information content (AvgIpc) is 2.85. The number of aryl methyl sites for hydroxylation is 1. The molecule has 2 atom stereocenters. The van der Waals surface area contributed by atoms with Crippen molar-refractivity contribution in [3.8, 4) is 0 Å². The van der Waals surface area contributed by atoms with Gasteiger partial charge in [-0.05, 0) is 0 Å². The number of ether oxygens (including phenoxy) is 1. The van der Waals surface area contributed by atoms with Crippen molar-refractivity contribution >= 4 is 9.84 Å². The average molecular weight is 378 g/mol. The smallest absolute Gasteiger partial charge is 0.382 e. The first-order chi connectivity index (χ1) is 10.8. The monoisotopic (exact) mass is 378 g/mol. The van der Waals surface area contributed by atoms with Gasteiger partial charge in [-0.25, -0.2) is 17.2 Å². The summed E-state index contributed by atoms with van der Waals surface area (Å²) < 4.78 is 93.8. The second-order valence-corrected chi connectivity index (χ2v) is 7.49. The van der Waals surface area contributed by atoms with Gasteiger partial charge < -0.3 is 9.84 Å². The number of methoxy groups -OCH3 is 1. The summed E-state index contributed by atoms with van der Waals surface area (Å²) in [6, 6.07) is 0. The molecule has 6 nitrogen and oxygen atoms in total. The first kappa shape index (κ1) is 19.1. The lowest BCUT2D eigenvalue weighted by Gasteiger charge is -2.19. The third kappa shape index (κ3) is 3.40. The lowest BCUT2D eigenvalue weighted by Crippen LogP contribution is -2.32. The summed E-state index contributed by atoms with van der Waals surface area (Å²) in [7, 11) is -3.19. The Labute approximate surface area is 134 Å². The maximum atomic E-state index is 13.7. The van der Waals surface area contributed by atoms with Crippen LogP contribution >= 0.6 is 0 Å². The van der Waals surface area contributed by atoms with Crippen molar-refractivity contribution in [2.24, 2.45) is 0 Å². The van der Waals surface area contributed by atoms with Crippen LogP contribution in [0.25, 0.3) is 0 Å². The van der Waals surface area contributed by atoms with E-state index in [1.807, 2.05) is 0 Å². The molecule has 24 heavy (non-hydrogen) atoms. The molecule has 0 bridgehead atoms. The van der Waals surface area contributed by atoms with Crippen LogP contribution in [0.1, 0.15) is 23.8 Å². The molecule has 1 N–H and O–H groups in total. The number of halogens is 5. The van der Waals surface area contributed by atoms with E-state index in [2.05, 4.69) is 9.84 Å². The van der Waals surface area contributed by atoms with Crippen molar-refractivity contribution < 1.29 is 40.2 Å². The fourth-order valence-electron chi connectivity index (χ4n) is 2.59. The molecule has 0 saturated carbocycles. The minimum atomic E-state index is -4.66. The van der Waals surface area contributed by atoms with E-state index in [0.29, 0.717) is 0 Å². The molecule has 1 heterocycles. The summed E-state index contributed by atoms with van der Waals surface area (Å²) in [6.45, 7) is -0.487. The molecular weight excluding hydrogens is 363 g/mol. The SMILES string of the molecule is CO[C@H](CCn1nc(S(C)(=O)=O)c2c1CC(F)(F)[C@H]2O)C(F)(F)F. The van der Waals surface area contributed by atoms with E-state index >= 15 is 0 Å². The van der Waals surface area contributed by atoms with Gasteiger partial charge in [-0.2, -0.15) is 18.3 Å². The molecule has 1 aromatic heterocycles. The van der Waals surface area contributed by atoms with Gasteiger partial charge in [0.15, 0.2) is 21.0 Å². The van der Waals surface area contributed by atoms with Gasteiger partial charge in [-0.15, -0.1) is 0 Å². The summed E-state index contributed by atoms with van der Waals surface area (Å²) in [5.41, 5.74) is -0.839. The Morgan fingerprint density at radius 2 is 2.04 bits per heavy atom. The number of nitrogens with zero attached hydrogens (tertiary/aromatic N) is 2. The molecule has 1 aromatic rings. The number of hydrogen-bond donors (Lipinski definition) is 1. The van der Waals surface area contributed by atoms with Crippen LogP contribution in [0.3, 0.4) is 0 Å². The summed E-state index contributed by atoms with van der Waals surface area (Å²) in [5.74, 6) is -3.61. The molecule has 0 aliphatic heterocycles. The Balaban J connectivity index is 2.39. The number of aliphatic hydroxyl groups is 1. The van der Waals surface area contributed by atoms with E-state index < -0.39 is 64.1 Å². The standard InChI is InChI=1S/C12H15F5N2O4S/c1-23-7(12(15,16)17)3-4-19-6-5-11(13,14)9(20)8(6)10(18-19)24(2,21)22/h7,9,20H,3-5H2,1-2H3/t7-,9+/m1/s1. The molecule has 0 unspecified atom stereocenters. The molecule has 0 saturated heterocycles. The van der Waals surface area contributed by atoms with Crippen molar-refractivity contribution in [2.45, 2.75) is 48.7 Å². The highest BCUT2D eigenvalue weighted by Crippen LogP contribution is 2.45. The van der Waals surface area contributed by atoms with Gasteiger partial charge >= 0.3 is 6.18 Å². The lowest BCUT2D eigenvalue weighted by atomic mass is 10.2. The topological polar surface area (TPSA) is 81.4 Å². The maximum Gasteiger partial charge on any atom is 0.414 e. The minimum Gasteiger partial charge on any atom is -0.382 e. The molecule has 1 aliphatic rings. The number of hydrogen-bond acceptors (Lipinski definition) is 5. The molecular formula is C12H15F5N2O4S. The molecule has 138 valence electrons. The third-order valence-corrected chi connectivity index (χ3v) is 4.75. The fourth-order valence-corrected chi connectivity index (χ4v) is 3.47. The van der Waals surface area contributed by atoms with E-state index in [1.165, 1.54) is 0 Å². The predicted octanol–water partition coefficient (Wildman–Crippen LogP) is 1.48.